The van der Waals surface area contributed by atoms with E-state index in [4.69, 9.17) is 9.72 Å². The summed E-state index contributed by atoms with van der Waals surface area (Å²) in [6, 6.07) is 8.11. The van der Waals surface area contributed by atoms with Crippen molar-refractivity contribution in [1.82, 2.24) is 24.7 Å². The molecule has 0 bridgehead atoms. The highest BCUT2D eigenvalue weighted by molar-refractivity contribution is 5.61. The number of benzene rings is 1. The van der Waals surface area contributed by atoms with Crippen molar-refractivity contribution in [3.63, 3.8) is 0 Å². The summed E-state index contributed by atoms with van der Waals surface area (Å²) >= 11 is 0. The van der Waals surface area contributed by atoms with E-state index in [2.05, 4.69) is 20.0 Å². The number of rotatable bonds is 4. The quantitative estimate of drug-likeness (QED) is 0.499. The second-order valence-electron chi connectivity index (χ2n) is 6.52. The lowest BCUT2D eigenvalue weighted by Crippen LogP contribution is -2.41. The van der Waals surface area contributed by atoms with Crippen LogP contribution in [-0.4, -0.2) is 49.4 Å². The van der Waals surface area contributed by atoms with Crippen molar-refractivity contribution < 1.29 is 9.66 Å². The fourth-order valence-corrected chi connectivity index (χ4v) is 3.29. The van der Waals surface area contributed by atoms with Gasteiger partial charge < -0.3 is 9.64 Å². The van der Waals surface area contributed by atoms with E-state index in [-0.39, 0.29) is 11.7 Å². The first-order valence-electron chi connectivity index (χ1n) is 8.82. The van der Waals surface area contributed by atoms with Crippen LogP contribution in [0, 0.1) is 17.0 Å². The minimum Gasteiger partial charge on any atom is -0.377 e. The van der Waals surface area contributed by atoms with Crippen molar-refractivity contribution in [2.45, 2.75) is 13.0 Å². The Hall–Kier alpha value is -3.40. The minimum absolute atomic E-state index is 0.00694. The van der Waals surface area contributed by atoms with Crippen LogP contribution in [0.15, 0.2) is 36.7 Å². The Morgan fingerprint density at radius 2 is 2.14 bits per heavy atom. The molecule has 3 aromatic rings. The summed E-state index contributed by atoms with van der Waals surface area (Å²) in [4.78, 5) is 26.3. The van der Waals surface area contributed by atoms with Gasteiger partial charge in [0, 0.05) is 43.0 Å². The predicted octanol–water partition coefficient (Wildman–Crippen LogP) is 2.07. The number of ether oxygens (including phenoxy) is 1. The Morgan fingerprint density at radius 3 is 2.89 bits per heavy atom. The zero-order chi connectivity index (χ0) is 19.7. The molecular formula is C18H19N7O3. The summed E-state index contributed by atoms with van der Waals surface area (Å²) in [5.41, 5.74) is 1.38. The molecule has 0 aliphatic carbocycles. The molecule has 10 nitrogen and oxygen atoms in total. The van der Waals surface area contributed by atoms with Gasteiger partial charge in [0.2, 0.25) is 0 Å². The second kappa shape index (κ2) is 7.31. The lowest BCUT2D eigenvalue weighted by Gasteiger charge is -2.35. The van der Waals surface area contributed by atoms with E-state index in [1.54, 1.807) is 16.8 Å². The van der Waals surface area contributed by atoms with Gasteiger partial charge in [-0.25, -0.2) is 15.0 Å². The molecule has 1 saturated heterocycles. The summed E-state index contributed by atoms with van der Waals surface area (Å²) in [6.07, 6.45) is 1.52. The zero-order valence-electron chi connectivity index (χ0n) is 15.5. The van der Waals surface area contributed by atoms with Gasteiger partial charge in [0.15, 0.2) is 11.6 Å². The van der Waals surface area contributed by atoms with Crippen molar-refractivity contribution in [3.8, 4) is 11.4 Å². The van der Waals surface area contributed by atoms with E-state index >= 15 is 0 Å². The van der Waals surface area contributed by atoms with E-state index in [1.807, 2.05) is 20.0 Å². The molecule has 144 valence electrons. The summed E-state index contributed by atoms with van der Waals surface area (Å²) in [5, 5.41) is 15.3. The van der Waals surface area contributed by atoms with Crippen LogP contribution in [0.5, 0.6) is 0 Å². The van der Waals surface area contributed by atoms with E-state index in [9.17, 15) is 10.1 Å². The van der Waals surface area contributed by atoms with Crippen LogP contribution in [0.25, 0.3) is 11.4 Å². The number of morpholine rings is 1. The van der Waals surface area contributed by atoms with Crippen LogP contribution in [0.3, 0.4) is 0 Å². The van der Waals surface area contributed by atoms with Crippen LogP contribution < -0.4 is 4.90 Å². The summed E-state index contributed by atoms with van der Waals surface area (Å²) in [7, 11) is 1.84. The number of nitro groups is 1. The Morgan fingerprint density at radius 1 is 1.29 bits per heavy atom. The highest BCUT2D eigenvalue weighted by Gasteiger charge is 2.29. The van der Waals surface area contributed by atoms with Crippen LogP contribution in [0.4, 0.5) is 11.5 Å². The third kappa shape index (κ3) is 3.41. The highest BCUT2D eigenvalue weighted by Crippen LogP contribution is 2.30. The van der Waals surface area contributed by atoms with Gasteiger partial charge in [-0.2, -0.15) is 5.10 Å². The number of aryl methyl sites for hydroxylation is 2. The summed E-state index contributed by atoms with van der Waals surface area (Å²) < 4.78 is 7.38. The standard InChI is InChI=1S/C18H19N7O3/c1-12-8-16(22-17(21-12)13-4-3-5-14(9-13)25(26)27)24-6-7-28-10-15(24)18-19-11-20-23(18)2/h3-5,8-9,11,15H,6-7,10H2,1-2H3/t15-/m1/s1. The van der Waals surface area contributed by atoms with Gasteiger partial charge in [-0.3, -0.25) is 14.8 Å². The first-order valence-corrected chi connectivity index (χ1v) is 8.82. The lowest BCUT2D eigenvalue weighted by molar-refractivity contribution is -0.384. The van der Waals surface area contributed by atoms with E-state index in [1.165, 1.54) is 18.5 Å². The molecule has 1 fully saturated rings. The molecule has 0 radical (unpaired) electrons. The number of anilines is 1. The van der Waals surface area contributed by atoms with Crippen molar-refractivity contribution >= 4 is 11.5 Å². The Kier molecular flexibility index (Phi) is 4.70. The Bertz CT molecular complexity index is 1020. The molecule has 0 spiro atoms. The van der Waals surface area contributed by atoms with Gasteiger partial charge >= 0.3 is 0 Å². The van der Waals surface area contributed by atoms with Crippen LogP contribution >= 0.6 is 0 Å². The number of nitrogens with zero attached hydrogens (tertiary/aromatic N) is 7. The fraction of sp³-hybridized carbons (Fsp3) is 0.333. The zero-order valence-corrected chi connectivity index (χ0v) is 15.5. The Labute approximate surface area is 161 Å². The number of aromatic nitrogens is 5. The monoisotopic (exact) mass is 381 g/mol. The van der Waals surface area contributed by atoms with Gasteiger partial charge in [-0.1, -0.05) is 12.1 Å². The molecule has 0 unspecified atom stereocenters. The Balaban J connectivity index is 1.75. The third-order valence-corrected chi connectivity index (χ3v) is 4.62. The fourth-order valence-electron chi connectivity index (χ4n) is 3.29. The van der Waals surface area contributed by atoms with Gasteiger partial charge in [-0.15, -0.1) is 0 Å². The van der Waals surface area contributed by atoms with Gasteiger partial charge in [-0.05, 0) is 6.92 Å². The first kappa shape index (κ1) is 18.0. The molecule has 10 heteroatoms. The molecule has 1 aliphatic heterocycles. The van der Waals surface area contributed by atoms with Crippen LogP contribution in [0.1, 0.15) is 17.6 Å². The summed E-state index contributed by atoms with van der Waals surface area (Å²) in [6.45, 7) is 3.57. The molecule has 2 aromatic heterocycles. The molecule has 0 N–H and O–H groups in total. The second-order valence-corrected chi connectivity index (χ2v) is 6.52. The average Bonchev–Trinajstić information content (AvgIpc) is 3.13. The molecule has 1 atom stereocenters. The van der Waals surface area contributed by atoms with Crippen LogP contribution in [0.2, 0.25) is 0 Å². The maximum atomic E-state index is 11.1. The van der Waals surface area contributed by atoms with Gasteiger partial charge in [0.05, 0.1) is 18.1 Å². The van der Waals surface area contributed by atoms with Crippen molar-refractivity contribution in [2.75, 3.05) is 24.7 Å². The molecule has 1 aromatic carbocycles. The number of non-ortho nitro benzene ring substituents is 1. The molecule has 0 amide bonds. The smallest absolute Gasteiger partial charge is 0.270 e. The van der Waals surface area contributed by atoms with Crippen molar-refractivity contribution in [2.24, 2.45) is 7.05 Å². The largest absolute Gasteiger partial charge is 0.377 e. The number of nitro benzene ring substituents is 1. The first-order chi connectivity index (χ1) is 13.5. The van der Waals surface area contributed by atoms with Gasteiger partial charge in [0.25, 0.3) is 5.69 Å². The van der Waals surface area contributed by atoms with Crippen LogP contribution in [-0.2, 0) is 11.8 Å². The average molecular weight is 381 g/mol. The van der Waals surface area contributed by atoms with Crippen molar-refractivity contribution in [1.29, 1.82) is 0 Å². The topological polar surface area (TPSA) is 112 Å². The number of hydrogen-bond acceptors (Lipinski definition) is 8. The highest BCUT2D eigenvalue weighted by atomic mass is 16.6. The molecular weight excluding hydrogens is 362 g/mol. The maximum Gasteiger partial charge on any atom is 0.270 e. The third-order valence-electron chi connectivity index (χ3n) is 4.62. The minimum atomic E-state index is -0.424. The molecule has 4 rings (SSSR count). The van der Waals surface area contributed by atoms with Crippen molar-refractivity contribution in [3.05, 3.63) is 58.3 Å². The normalized spacial score (nSPS) is 16.9. The number of hydrogen-bond donors (Lipinski definition) is 0. The lowest BCUT2D eigenvalue weighted by atomic mass is 10.1. The molecule has 1 aliphatic rings. The summed E-state index contributed by atoms with van der Waals surface area (Å²) in [5.74, 6) is 1.96. The molecule has 0 saturated carbocycles. The van der Waals surface area contributed by atoms with E-state index < -0.39 is 4.92 Å². The SMILES string of the molecule is Cc1cc(N2CCOC[C@@H]2c2ncnn2C)nc(-c2cccc([N+](=O)[O-])c2)n1. The van der Waals surface area contributed by atoms with E-state index in [0.29, 0.717) is 31.1 Å². The molecule has 3 heterocycles. The maximum absolute atomic E-state index is 11.1. The van der Waals surface area contributed by atoms with E-state index in [0.717, 1.165) is 17.3 Å². The predicted molar refractivity (Wildman–Crippen MR) is 101 cm³/mol. The van der Waals surface area contributed by atoms with Gasteiger partial charge in [0.1, 0.15) is 18.2 Å². The molecule has 28 heavy (non-hydrogen) atoms.